The Bertz CT molecular complexity index is 1250. The minimum atomic E-state index is -3.60. The summed E-state index contributed by atoms with van der Waals surface area (Å²) in [6, 6.07) is 28.2. The van der Waals surface area contributed by atoms with Gasteiger partial charge in [-0.3, -0.25) is 0 Å². The molecule has 0 spiro atoms. The van der Waals surface area contributed by atoms with Crippen LogP contribution in [0.4, 0.5) is 0 Å². The maximum atomic E-state index is 13.8. The zero-order valence-electron chi connectivity index (χ0n) is 21.7. The van der Waals surface area contributed by atoms with Gasteiger partial charge in [-0.1, -0.05) is 99.1 Å². The minimum Gasteiger partial charge on any atom is -0.406 e. The molecule has 0 amide bonds. The summed E-state index contributed by atoms with van der Waals surface area (Å²) in [4.78, 5) is 0.377. The van der Waals surface area contributed by atoms with Crippen LogP contribution in [-0.2, 0) is 14.4 Å². The number of benzene rings is 3. The van der Waals surface area contributed by atoms with Gasteiger partial charge in [0.2, 0.25) is 10.0 Å². The lowest BCUT2D eigenvalue weighted by Crippen LogP contribution is -2.67. The Labute approximate surface area is 217 Å². The number of fused-ring (bicyclic) bond motifs is 1. The lowest BCUT2D eigenvalue weighted by Gasteiger charge is -2.45. The maximum Gasteiger partial charge on any atom is 0.261 e. The highest BCUT2D eigenvalue weighted by Gasteiger charge is 2.53. The first-order valence-corrected chi connectivity index (χ1v) is 16.3. The van der Waals surface area contributed by atoms with E-state index in [9.17, 15) is 8.42 Å². The van der Waals surface area contributed by atoms with Crippen LogP contribution in [0.5, 0.6) is 0 Å². The Morgan fingerprint density at radius 2 is 1.39 bits per heavy atom. The van der Waals surface area contributed by atoms with Crippen molar-refractivity contribution in [3.05, 3.63) is 90.5 Å². The second-order valence-electron chi connectivity index (χ2n) is 11.5. The van der Waals surface area contributed by atoms with Crippen LogP contribution in [0, 0.1) is 18.8 Å². The quantitative estimate of drug-likeness (QED) is 0.414. The SMILES string of the molecule is Cc1ccc(S(=O)(=O)N2C[C@@H]3C[C@@H]3CC2CO[Si](c2ccccc2)(c2ccccc2)C(C)(C)C)cc1. The molecule has 3 atom stereocenters. The third-order valence-corrected chi connectivity index (χ3v) is 14.9. The van der Waals surface area contributed by atoms with Crippen molar-refractivity contribution in [2.24, 2.45) is 11.8 Å². The lowest BCUT2D eigenvalue weighted by atomic mass is 10.1. The van der Waals surface area contributed by atoms with Crippen molar-refractivity contribution in [3.63, 3.8) is 0 Å². The molecule has 0 N–H and O–H groups in total. The van der Waals surface area contributed by atoms with Crippen LogP contribution in [0.15, 0.2) is 89.8 Å². The molecular weight excluding hydrogens is 482 g/mol. The maximum absolute atomic E-state index is 13.8. The van der Waals surface area contributed by atoms with E-state index in [1.165, 1.54) is 10.4 Å². The molecule has 1 unspecified atom stereocenters. The van der Waals surface area contributed by atoms with E-state index in [0.717, 1.165) is 18.4 Å². The molecule has 3 aromatic carbocycles. The summed E-state index contributed by atoms with van der Waals surface area (Å²) in [6.07, 6.45) is 1.99. The van der Waals surface area contributed by atoms with Gasteiger partial charge in [-0.05, 0) is 59.1 Å². The van der Waals surface area contributed by atoms with Gasteiger partial charge in [-0.15, -0.1) is 0 Å². The van der Waals surface area contributed by atoms with Crippen molar-refractivity contribution < 1.29 is 12.8 Å². The largest absolute Gasteiger partial charge is 0.406 e. The molecule has 0 radical (unpaired) electrons. The summed E-state index contributed by atoms with van der Waals surface area (Å²) in [5.74, 6) is 1.09. The molecule has 6 heteroatoms. The third-order valence-electron chi connectivity index (χ3n) is 8.00. The number of hydrogen-bond donors (Lipinski definition) is 0. The van der Waals surface area contributed by atoms with Crippen LogP contribution in [-0.4, -0.2) is 40.2 Å². The van der Waals surface area contributed by atoms with E-state index in [2.05, 4.69) is 69.3 Å². The van der Waals surface area contributed by atoms with Crippen molar-refractivity contribution in [2.75, 3.05) is 13.2 Å². The molecule has 1 saturated carbocycles. The Morgan fingerprint density at radius 3 is 1.92 bits per heavy atom. The van der Waals surface area contributed by atoms with Crippen molar-refractivity contribution >= 4 is 28.7 Å². The van der Waals surface area contributed by atoms with Crippen LogP contribution in [0.1, 0.15) is 39.2 Å². The first kappa shape index (κ1) is 25.4. The van der Waals surface area contributed by atoms with Gasteiger partial charge in [0.05, 0.1) is 11.5 Å². The van der Waals surface area contributed by atoms with Gasteiger partial charge in [0.25, 0.3) is 8.32 Å². The van der Waals surface area contributed by atoms with Crippen molar-refractivity contribution in [1.29, 1.82) is 0 Å². The molecule has 1 aliphatic heterocycles. The van der Waals surface area contributed by atoms with E-state index in [0.29, 0.717) is 29.9 Å². The molecule has 2 fully saturated rings. The highest BCUT2D eigenvalue weighted by atomic mass is 32.2. The molecule has 2 aliphatic rings. The van der Waals surface area contributed by atoms with E-state index in [-0.39, 0.29) is 11.1 Å². The first-order chi connectivity index (χ1) is 17.1. The zero-order chi connectivity index (χ0) is 25.6. The third kappa shape index (κ3) is 4.60. The summed E-state index contributed by atoms with van der Waals surface area (Å²) >= 11 is 0. The van der Waals surface area contributed by atoms with Gasteiger partial charge in [0.15, 0.2) is 0 Å². The molecule has 1 saturated heterocycles. The second kappa shape index (κ2) is 9.56. The number of nitrogens with zero attached hydrogens (tertiary/aromatic N) is 1. The first-order valence-electron chi connectivity index (χ1n) is 13.0. The summed E-state index contributed by atoms with van der Waals surface area (Å²) < 4.78 is 36.6. The highest BCUT2D eigenvalue weighted by molar-refractivity contribution is 7.89. The monoisotopic (exact) mass is 519 g/mol. The minimum absolute atomic E-state index is 0.146. The molecular formula is C30H37NO3SSi. The van der Waals surface area contributed by atoms with Gasteiger partial charge in [0, 0.05) is 12.6 Å². The molecule has 1 heterocycles. The standard InChI is InChI=1S/C30H37NO3SSi/c1-23-15-17-27(18-16-23)35(32,33)31-21-25-19-24(25)20-26(31)22-34-36(30(2,3)4,28-11-7-5-8-12-28)29-13-9-6-10-14-29/h5-18,24-26H,19-22H2,1-4H3/t24-,25+,26?/m1/s1. The smallest absolute Gasteiger partial charge is 0.261 e. The average molecular weight is 520 g/mol. The fourth-order valence-electron chi connectivity index (χ4n) is 5.94. The Kier molecular flexibility index (Phi) is 6.75. The van der Waals surface area contributed by atoms with Crippen LogP contribution in [0.2, 0.25) is 5.04 Å². The van der Waals surface area contributed by atoms with E-state index in [1.807, 2.05) is 31.2 Å². The number of rotatable bonds is 7. The van der Waals surface area contributed by atoms with Gasteiger partial charge in [0.1, 0.15) is 0 Å². The van der Waals surface area contributed by atoms with Gasteiger partial charge < -0.3 is 4.43 Å². The Hall–Kier alpha value is -2.25. The van der Waals surface area contributed by atoms with E-state index in [4.69, 9.17) is 4.43 Å². The van der Waals surface area contributed by atoms with E-state index >= 15 is 0 Å². The fraction of sp³-hybridized carbons (Fsp3) is 0.400. The average Bonchev–Trinajstić information content (AvgIpc) is 3.63. The Balaban J connectivity index is 1.52. The predicted molar refractivity (Wildman–Crippen MR) is 149 cm³/mol. The fourth-order valence-corrected chi connectivity index (χ4v) is 12.2. The van der Waals surface area contributed by atoms with Crippen molar-refractivity contribution in [3.8, 4) is 0 Å². The summed E-state index contributed by atoms with van der Waals surface area (Å²) in [5, 5.41) is 2.29. The summed E-state index contributed by atoms with van der Waals surface area (Å²) in [6.45, 7) is 9.76. The number of aryl methyl sites for hydroxylation is 1. The zero-order valence-corrected chi connectivity index (χ0v) is 23.5. The van der Waals surface area contributed by atoms with Gasteiger partial charge >= 0.3 is 0 Å². The van der Waals surface area contributed by atoms with Crippen LogP contribution in [0.3, 0.4) is 0 Å². The predicted octanol–water partition coefficient (Wildman–Crippen LogP) is 4.97. The number of sulfonamides is 1. The van der Waals surface area contributed by atoms with Crippen molar-refractivity contribution in [2.45, 2.75) is 56.5 Å². The Morgan fingerprint density at radius 1 is 0.833 bits per heavy atom. The summed E-state index contributed by atoms with van der Waals surface area (Å²) in [5.41, 5.74) is 1.06. The number of hydrogen-bond acceptors (Lipinski definition) is 3. The van der Waals surface area contributed by atoms with Crippen LogP contribution in [0.25, 0.3) is 0 Å². The molecule has 190 valence electrons. The van der Waals surface area contributed by atoms with Crippen molar-refractivity contribution in [1.82, 2.24) is 4.31 Å². The summed E-state index contributed by atoms with van der Waals surface area (Å²) in [7, 11) is -6.34. The molecule has 5 rings (SSSR count). The lowest BCUT2D eigenvalue weighted by molar-refractivity contribution is 0.157. The van der Waals surface area contributed by atoms with E-state index < -0.39 is 18.3 Å². The van der Waals surface area contributed by atoms with Gasteiger partial charge in [-0.25, -0.2) is 8.42 Å². The van der Waals surface area contributed by atoms with E-state index in [1.54, 1.807) is 16.4 Å². The highest BCUT2D eigenvalue weighted by Crippen LogP contribution is 2.49. The molecule has 3 aromatic rings. The molecule has 36 heavy (non-hydrogen) atoms. The van der Waals surface area contributed by atoms with Gasteiger partial charge in [-0.2, -0.15) is 4.31 Å². The molecule has 0 bridgehead atoms. The second-order valence-corrected chi connectivity index (χ2v) is 17.7. The normalized spacial score (nSPS) is 22.7. The molecule has 0 aromatic heterocycles. The molecule has 4 nitrogen and oxygen atoms in total. The molecule has 1 aliphatic carbocycles. The topological polar surface area (TPSA) is 46.6 Å². The van der Waals surface area contributed by atoms with Crippen LogP contribution >= 0.6 is 0 Å². The van der Waals surface area contributed by atoms with Crippen LogP contribution < -0.4 is 10.4 Å². The number of piperidine rings is 1.